The Morgan fingerprint density at radius 1 is 1.24 bits per heavy atom. The number of nitrogens with zero attached hydrogens (tertiary/aromatic N) is 1. The van der Waals surface area contributed by atoms with Crippen molar-refractivity contribution in [3.63, 3.8) is 0 Å². The number of hydrogen-bond donors (Lipinski definition) is 9. The number of nitrogen functional groups attached to an aromatic ring is 1. The highest BCUT2D eigenvalue weighted by Gasteiger charge is 2.27. The van der Waals surface area contributed by atoms with Crippen LogP contribution in [0.5, 0.6) is 0 Å². The van der Waals surface area contributed by atoms with Crippen LogP contribution in [0.4, 0.5) is 23.1 Å². The summed E-state index contributed by atoms with van der Waals surface area (Å²) in [5, 5.41) is 37.0. The van der Waals surface area contributed by atoms with E-state index in [0.717, 1.165) is 0 Å². The van der Waals surface area contributed by atoms with Crippen LogP contribution in [0.25, 0.3) is 0 Å². The zero-order chi connectivity index (χ0) is 24.8. The number of benzene rings is 1. The van der Waals surface area contributed by atoms with Gasteiger partial charge in [-0.3, -0.25) is 19.4 Å². The first-order chi connectivity index (χ1) is 16.2. The molecule has 14 nitrogen and oxygen atoms in total. The number of carboxylic acids is 2. The number of carbonyl (C=O) groups excluding carboxylic acids is 1. The quantitative estimate of drug-likeness (QED) is 0.202. The number of rotatable bonds is 10. The molecule has 34 heavy (non-hydrogen) atoms. The molecule has 1 aromatic carbocycles. The summed E-state index contributed by atoms with van der Waals surface area (Å²) in [4.78, 5) is 53.4. The molecule has 1 aliphatic heterocycles. The number of H-pyrrole nitrogens is 1. The summed E-state index contributed by atoms with van der Waals surface area (Å²) < 4.78 is 0. The maximum atomic E-state index is 12.4. The van der Waals surface area contributed by atoms with Crippen molar-refractivity contribution in [2.45, 2.75) is 18.5 Å². The van der Waals surface area contributed by atoms with E-state index in [1.54, 1.807) is 12.1 Å². The fraction of sp³-hybridized carbons (Fsp3) is 0.300. The standard InChI is InChI=1S/C20H24N8O6/c21-6-10(18(31)32)5-13(19(33)34)26-16(29)9-1-3-11(4-2-9)23-7-12-8-24-15-14(25-12)17(30)28-20(22)27-15/h1-4,6,10,12-13,21,23,25H,5,7-8H2,(H,26,29)(H,31,32)(H,33,34)(H4,22,24,27,28,30). The normalized spacial score (nSPS) is 16.1. The molecule has 2 aromatic rings. The molecule has 0 saturated heterocycles. The maximum Gasteiger partial charge on any atom is 0.326 e. The second kappa shape index (κ2) is 10.3. The van der Waals surface area contributed by atoms with Crippen LogP contribution in [0, 0.1) is 11.3 Å². The lowest BCUT2D eigenvalue weighted by Crippen LogP contribution is -2.43. The van der Waals surface area contributed by atoms with Crippen LogP contribution < -0.4 is 32.6 Å². The summed E-state index contributed by atoms with van der Waals surface area (Å²) >= 11 is 0. The van der Waals surface area contributed by atoms with Crippen LogP contribution in [-0.2, 0) is 9.59 Å². The first-order valence-electron chi connectivity index (χ1n) is 10.2. The van der Waals surface area contributed by atoms with Gasteiger partial charge in [-0.15, -0.1) is 0 Å². The van der Waals surface area contributed by atoms with Crippen LogP contribution >= 0.6 is 0 Å². The molecular formula is C20H24N8O6. The Morgan fingerprint density at radius 2 is 1.94 bits per heavy atom. The maximum absolute atomic E-state index is 12.4. The SMILES string of the molecule is N=CC(CC(NC(=O)c1ccc(NCC2CNc3nc(N)[nH]c(=O)c3N2)cc1)C(=O)O)C(=O)O. The lowest BCUT2D eigenvalue weighted by Gasteiger charge is -2.27. The van der Waals surface area contributed by atoms with Gasteiger partial charge in [-0.1, -0.05) is 0 Å². The van der Waals surface area contributed by atoms with Crippen molar-refractivity contribution in [1.82, 2.24) is 15.3 Å². The van der Waals surface area contributed by atoms with Crippen molar-refractivity contribution in [3.05, 3.63) is 40.2 Å². The Balaban J connectivity index is 1.56. The van der Waals surface area contributed by atoms with Gasteiger partial charge >= 0.3 is 11.9 Å². The number of carboxylic acid groups (broad SMARTS) is 2. The summed E-state index contributed by atoms with van der Waals surface area (Å²) in [6, 6.07) is 4.62. The molecule has 0 spiro atoms. The Labute approximate surface area is 192 Å². The number of aliphatic carboxylic acids is 2. The van der Waals surface area contributed by atoms with Gasteiger partial charge in [0.05, 0.1) is 12.0 Å². The lowest BCUT2D eigenvalue weighted by molar-refractivity contribution is -0.141. The van der Waals surface area contributed by atoms with E-state index in [0.29, 0.717) is 36.5 Å². The second-order valence-electron chi connectivity index (χ2n) is 7.57. The molecule has 3 rings (SSSR count). The third-order valence-corrected chi connectivity index (χ3v) is 5.11. The van der Waals surface area contributed by atoms with Crippen LogP contribution in [0.1, 0.15) is 16.8 Å². The van der Waals surface area contributed by atoms with Crippen molar-refractivity contribution in [2.75, 3.05) is 34.8 Å². The summed E-state index contributed by atoms with van der Waals surface area (Å²) in [7, 11) is 0. The number of amides is 1. The molecule has 0 bridgehead atoms. The highest BCUT2D eigenvalue weighted by Crippen LogP contribution is 2.20. The molecule has 0 aliphatic carbocycles. The van der Waals surface area contributed by atoms with Gasteiger partial charge in [0, 0.05) is 30.6 Å². The Morgan fingerprint density at radius 3 is 2.56 bits per heavy atom. The predicted molar refractivity (Wildman–Crippen MR) is 124 cm³/mol. The summed E-state index contributed by atoms with van der Waals surface area (Å²) in [6.45, 7) is 0.920. The number of aromatic amines is 1. The average Bonchev–Trinajstić information content (AvgIpc) is 2.80. The zero-order valence-corrected chi connectivity index (χ0v) is 17.8. The van der Waals surface area contributed by atoms with E-state index in [-0.39, 0.29) is 23.1 Å². The second-order valence-corrected chi connectivity index (χ2v) is 7.57. The molecule has 0 fully saturated rings. The van der Waals surface area contributed by atoms with E-state index in [9.17, 15) is 24.3 Å². The molecule has 10 N–H and O–H groups in total. The highest BCUT2D eigenvalue weighted by molar-refractivity contribution is 5.97. The molecular weight excluding hydrogens is 448 g/mol. The first kappa shape index (κ1) is 24.0. The van der Waals surface area contributed by atoms with E-state index in [1.165, 1.54) is 12.1 Å². The van der Waals surface area contributed by atoms with Crippen LogP contribution in [-0.4, -0.2) is 69.4 Å². The number of carbonyl (C=O) groups is 3. The molecule has 180 valence electrons. The van der Waals surface area contributed by atoms with E-state index in [2.05, 4.69) is 31.2 Å². The number of anilines is 4. The molecule has 1 amide bonds. The van der Waals surface area contributed by atoms with E-state index in [4.69, 9.17) is 16.2 Å². The minimum atomic E-state index is -1.46. The zero-order valence-electron chi connectivity index (χ0n) is 17.8. The van der Waals surface area contributed by atoms with Gasteiger partial charge in [0.2, 0.25) is 5.95 Å². The summed E-state index contributed by atoms with van der Waals surface area (Å²) in [5.41, 5.74) is 6.30. The van der Waals surface area contributed by atoms with Crippen molar-refractivity contribution in [1.29, 1.82) is 5.41 Å². The van der Waals surface area contributed by atoms with E-state index in [1.807, 2.05) is 0 Å². The van der Waals surface area contributed by atoms with Gasteiger partial charge in [0.1, 0.15) is 11.7 Å². The summed E-state index contributed by atoms with van der Waals surface area (Å²) in [6.07, 6.45) is 0.179. The fourth-order valence-corrected chi connectivity index (χ4v) is 3.29. The molecule has 0 saturated carbocycles. The third-order valence-electron chi connectivity index (χ3n) is 5.11. The fourth-order valence-electron chi connectivity index (χ4n) is 3.29. The smallest absolute Gasteiger partial charge is 0.326 e. The minimum Gasteiger partial charge on any atom is -0.481 e. The van der Waals surface area contributed by atoms with Crippen molar-refractivity contribution in [2.24, 2.45) is 5.92 Å². The van der Waals surface area contributed by atoms with Crippen molar-refractivity contribution >= 4 is 47.2 Å². The molecule has 1 aliphatic rings. The van der Waals surface area contributed by atoms with Gasteiger partial charge in [0.15, 0.2) is 5.82 Å². The van der Waals surface area contributed by atoms with E-state index < -0.39 is 36.2 Å². The minimum absolute atomic E-state index is 0.0184. The van der Waals surface area contributed by atoms with Gasteiger partial charge in [-0.05, 0) is 30.7 Å². The Hall–Kier alpha value is -4.62. The van der Waals surface area contributed by atoms with Crippen molar-refractivity contribution < 1.29 is 24.6 Å². The average molecular weight is 472 g/mol. The van der Waals surface area contributed by atoms with Gasteiger partial charge in [0.25, 0.3) is 11.5 Å². The molecule has 3 unspecified atom stereocenters. The third kappa shape index (κ3) is 5.79. The summed E-state index contributed by atoms with van der Waals surface area (Å²) in [5.74, 6) is -4.36. The first-order valence-corrected chi connectivity index (χ1v) is 10.2. The molecule has 3 atom stereocenters. The molecule has 0 radical (unpaired) electrons. The molecule has 1 aromatic heterocycles. The number of nitrogens with two attached hydrogens (primary N) is 1. The molecule has 14 heteroatoms. The highest BCUT2D eigenvalue weighted by atomic mass is 16.4. The number of nitrogens with one attached hydrogen (secondary N) is 6. The van der Waals surface area contributed by atoms with E-state index >= 15 is 0 Å². The van der Waals surface area contributed by atoms with Crippen molar-refractivity contribution in [3.8, 4) is 0 Å². The van der Waals surface area contributed by atoms with Gasteiger partial charge in [-0.25, -0.2) is 4.79 Å². The van der Waals surface area contributed by atoms with Gasteiger partial charge < -0.3 is 42.6 Å². The number of fused-ring (bicyclic) bond motifs is 1. The molecule has 2 heterocycles. The number of aromatic nitrogens is 2. The van der Waals surface area contributed by atoms with Gasteiger partial charge in [-0.2, -0.15) is 4.98 Å². The lowest BCUT2D eigenvalue weighted by atomic mass is 10.0. The topological polar surface area (TPSA) is 235 Å². The largest absolute Gasteiger partial charge is 0.481 e. The monoisotopic (exact) mass is 472 g/mol. The van der Waals surface area contributed by atoms with Crippen LogP contribution in [0.3, 0.4) is 0 Å². The number of hydrogen-bond acceptors (Lipinski definition) is 10. The Bertz CT molecular complexity index is 1150. The predicted octanol–water partition coefficient (Wildman–Crippen LogP) is -0.406. The van der Waals surface area contributed by atoms with Crippen LogP contribution in [0.15, 0.2) is 29.1 Å². The Kier molecular flexibility index (Phi) is 7.30. The van der Waals surface area contributed by atoms with Crippen LogP contribution in [0.2, 0.25) is 0 Å².